The number of aromatic nitrogens is 2. The standard InChI is InChI=1S/C20H24N2O/c1-14(2)12-22-18-8-6-5-7-17(18)21-20(22)13-23-19-11-15(3)9-10-16(19)4/h5-11,14H,12-13H2,1-4H3. The lowest BCUT2D eigenvalue weighted by molar-refractivity contribution is 0.285. The molecule has 3 nitrogen and oxygen atoms in total. The first kappa shape index (κ1) is 15.6. The van der Waals surface area contributed by atoms with Crippen LogP contribution in [-0.2, 0) is 13.2 Å². The highest BCUT2D eigenvalue weighted by molar-refractivity contribution is 5.75. The lowest BCUT2D eigenvalue weighted by atomic mass is 10.1. The van der Waals surface area contributed by atoms with Crippen LogP contribution < -0.4 is 4.74 Å². The van der Waals surface area contributed by atoms with Crippen molar-refractivity contribution in [1.29, 1.82) is 0 Å². The minimum absolute atomic E-state index is 0.492. The van der Waals surface area contributed by atoms with Crippen LogP contribution in [0.1, 0.15) is 30.8 Å². The number of benzene rings is 2. The topological polar surface area (TPSA) is 27.1 Å². The van der Waals surface area contributed by atoms with Gasteiger partial charge in [-0.25, -0.2) is 4.98 Å². The third kappa shape index (κ3) is 3.39. The van der Waals surface area contributed by atoms with Gasteiger partial charge in [0.25, 0.3) is 0 Å². The van der Waals surface area contributed by atoms with Crippen LogP contribution in [0.15, 0.2) is 42.5 Å². The van der Waals surface area contributed by atoms with Crippen molar-refractivity contribution in [1.82, 2.24) is 9.55 Å². The molecule has 0 atom stereocenters. The van der Waals surface area contributed by atoms with E-state index in [1.54, 1.807) is 0 Å². The molecule has 120 valence electrons. The van der Waals surface area contributed by atoms with Gasteiger partial charge < -0.3 is 9.30 Å². The van der Waals surface area contributed by atoms with Crippen LogP contribution in [0.2, 0.25) is 0 Å². The van der Waals surface area contributed by atoms with Crippen LogP contribution in [0.25, 0.3) is 11.0 Å². The smallest absolute Gasteiger partial charge is 0.148 e. The molecule has 0 saturated heterocycles. The molecule has 0 fully saturated rings. The summed E-state index contributed by atoms with van der Waals surface area (Å²) < 4.78 is 8.35. The molecule has 0 bridgehead atoms. The normalized spacial score (nSPS) is 11.3. The molecule has 2 aromatic carbocycles. The fourth-order valence-corrected chi connectivity index (χ4v) is 2.81. The molecule has 0 saturated carbocycles. The summed E-state index contributed by atoms with van der Waals surface area (Å²) in [7, 11) is 0. The number of ether oxygens (including phenoxy) is 1. The molecular weight excluding hydrogens is 284 g/mol. The maximum absolute atomic E-state index is 6.07. The Kier molecular flexibility index (Phi) is 4.37. The quantitative estimate of drug-likeness (QED) is 0.671. The highest BCUT2D eigenvalue weighted by Gasteiger charge is 2.12. The first-order valence-corrected chi connectivity index (χ1v) is 8.19. The number of fused-ring (bicyclic) bond motifs is 1. The van der Waals surface area contributed by atoms with Gasteiger partial charge in [-0.05, 0) is 49.1 Å². The molecule has 0 unspecified atom stereocenters. The molecule has 0 N–H and O–H groups in total. The predicted octanol–water partition coefficient (Wildman–Crippen LogP) is 4.89. The number of aryl methyl sites for hydroxylation is 2. The van der Waals surface area contributed by atoms with E-state index in [2.05, 4.69) is 68.7 Å². The highest BCUT2D eigenvalue weighted by atomic mass is 16.5. The van der Waals surface area contributed by atoms with E-state index in [0.29, 0.717) is 12.5 Å². The molecule has 0 spiro atoms. The van der Waals surface area contributed by atoms with Crippen LogP contribution in [0.4, 0.5) is 0 Å². The molecule has 0 aliphatic rings. The van der Waals surface area contributed by atoms with Crippen molar-refractivity contribution >= 4 is 11.0 Å². The fraction of sp³-hybridized carbons (Fsp3) is 0.350. The Bertz CT molecular complexity index is 818. The lowest BCUT2D eigenvalue weighted by Gasteiger charge is -2.13. The van der Waals surface area contributed by atoms with Crippen molar-refractivity contribution < 1.29 is 4.74 Å². The zero-order chi connectivity index (χ0) is 16.4. The zero-order valence-corrected chi connectivity index (χ0v) is 14.3. The van der Waals surface area contributed by atoms with Crippen molar-refractivity contribution in [3.05, 3.63) is 59.4 Å². The molecular formula is C20H24N2O. The maximum atomic E-state index is 6.07. The van der Waals surface area contributed by atoms with Crippen molar-refractivity contribution in [2.45, 2.75) is 40.8 Å². The van der Waals surface area contributed by atoms with E-state index in [0.717, 1.165) is 29.2 Å². The molecule has 0 aliphatic carbocycles. The van der Waals surface area contributed by atoms with Gasteiger partial charge in [-0.15, -0.1) is 0 Å². The van der Waals surface area contributed by atoms with Crippen molar-refractivity contribution in [3.8, 4) is 5.75 Å². The third-order valence-electron chi connectivity index (χ3n) is 3.98. The van der Waals surface area contributed by atoms with Gasteiger partial charge in [-0.1, -0.05) is 38.1 Å². The number of hydrogen-bond acceptors (Lipinski definition) is 2. The molecule has 1 heterocycles. The molecule has 0 radical (unpaired) electrons. The second-order valence-electron chi connectivity index (χ2n) is 6.58. The summed E-state index contributed by atoms with van der Waals surface area (Å²) in [4.78, 5) is 4.77. The largest absolute Gasteiger partial charge is 0.485 e. The highest BCUT2D eigenvalue weighted by Crippen LogP contribution is 2.22. The molecule has 0 amide bonds. The van der Waals surface area contributed by atoms with E-state index in [9.17, 15) is 0 Å². The molecule has 0 aliphatic heterocycles. The SMILES string of the molecule is Cc1ccc(C)c(OCc2nc3ccccc3n2CC(C)C)c1. The summed E-state index contributed by atoms with van der Waals surface area (Å²) in [5, 5.41) is 0. The Morgan fingerprint density at radius 2 is 1.87 bits per heavy atom. The molecule has 1 aromatic heterocycles. The second-order valence-corrected chi connectivity index (χ2v) is 6.58. The van der Waals surface area contributed by atoms with Crippen molar-refractivity contribution in [3.63, 3.8) is 0 Å². The Hall–Kier alpha value is -2.29. The monoisotopic (exact) mass is 308 g/mol. The molecule has 3 heteroatoms. The molecule has 3 rings (SSSR count). The Morgan fingerprint density at radius 1 is 1.09 bits per heavy atom. The average molecular weight is 308 g/mol. The van der Waals surface area contributed by atoms with Crippen LogP contribution in [0, 0.1) is 19.8 Å². The van der Waals surface area contributed by atoms with Gasteiger partial charge >= 0.3 is 0 Å². The van der Waals surface area contributed by atoms with E-state index in [1.165, 1.54) is 11.1 Å². The predicted molar refractivity (Wildman–Crippen MR) is 94.8 cm³/mol. The minimum atomic E-state index is 0.492. The van der Waals surface area contributed by atoms with Crippen LogP contribution >= 0.6 is 0 Å². The average Bonchev–Trinajstić information content (AvgIpc) is 2.86. The van der Waals surface area contributed by atoms with E-state index >= 15 is 0 Å². The van der Waals surface area contributed by atoms with Gasteiger partial charge in [0, 0.05) is 6.54 Å². The summed E-state index contributed by atoms with van der Waals surface area (Å²) in [5.74, 6) is 2.49. The van der Waals surface area contributed by atoms with Crippen LogP contribution in [-0.4, -0.2) is 9.55 Å². The Labute approximate surface area is 137 Å². The second kappa shape index (κ2) is 6.45. The number of rotatable bonds is 5. The summed E-state index contributed by atoms with van der Waals surface area (Å²) in [6.45, 7) is 10.1. The lowest BCUT2D eigenvalue weighted by Crippen LogP contribution is -2.11. The van der Waals surface area contributed by atoms with E-state index in [1.807, 2.05) is 6.07 Å². The van der Waals surface area contributed by atoms with E-state index in [-0.39, 0.29) is 0 Å². The molecule has 3 aromatic rings. The van der Waals surface area contributed by atoms with Gasteiger partial charge in [0.2, 0.25) is 0 Å². The van der Waals surface area contributed by atoms with Crippen LogP contribution in [0.5, 0.6) is 5.75 Å². The number of nitrogens with zero attached hydrogens (tertiary/aromatic N) is 2. The Balaban J connectivity index is 1.91. The summed E-state index contributed by atoms with van der Waals surface area (Å²) >= 11 is 0. The fourth-order valence-electron chi connectivity index (χ4n) is 2.81. The number of para-hydroxylation sites is 2. The minimum Gasteiger partial charge on any atom is -0.485 e. The van der Waals surface area contributed by atoms with Gasteiger partial charge in [-0.3, -0.25) is 0 Å². The first-order valence-electron chi connectivity index (χ1n) is 8.19. The summed E-state index contributed by atoms with van der Waals surface area (Å²) in [5.41, 5.74) is 4.58. The van der Waals surface area contributed by atoms with Gasteiger partial charge in [0.05, 0.1) is 11.0 Å². The number of hydrogen-bond donors (Lipinski definition) is 0. The van der Waals surface area contributed by atoms with E-state index in [4.69, 9.17) is 9.72 Å². The first-order chi connectivity index (χ1) is 11.0. The zero-order valence-electron chi connectivity index (χ0n) is 14.3. The van der Waals surface area contributed by atoms with E-state index < -0.39 is 0 Å². The Morgan fingerprint density at radius 3 is 2.65 bits per heavy atom. The van der Waals surface area contributed by atoms with Gasteiger partial charge in [-0.2, -0.15) is 0 Å². The van der Waals surface area contributed by atoms with Crippen LogP contribution in [0.3, 0.4) is 0 Å². The number of imidazole rings is 1. The third-order valence-corrected chi connectivity index (χ3v) is 3.98. The van der Waals surface area contributed by atoms with Gasteiger partial charge in [0.15, 0.2) is 0 Å². The van der Waals surface area contributed by atoms with Gasteiger partial charge in [0.1, 0.15) is 18.2 Å². The van der Waals surface area contributed by atoms with Crippen molar-refractivity contribution in [2.24, 2.45) is 5.92 Å². The molecule has 23 heavy (non-hydrogen) atoms. The summed E-state index contributed by atoms with van der Waals surface area (Å²) in [6, 6.07) is 14.6. The van der Waals surface area contributed by atoms with Crippen molar-refractivity contribution in [2.75, 3.05) is 0 Å². The maximum Gasteiger partial charge on any atom is 0.148 e. The summed E-state index contributed by atoms with van der Waals surface area (Å²) in [6.07, 6.45) is 0.